The highest BCUT2D eigenvalue weighted by atomic mass is 16.5. The number of unbranched alkanes of at least 4 members (excludes halogenated alkanes) is 2. The Morgan fingerprint density at radius 1 is 1.21 bits per heavy atom. The van der Waals surface area contributed by atoms with Crippen molar-refractivity contribution in [3.8, 4) is 17.8 Å². The lowest BCUT2D eigenvalue weighted by molar-refractivity contribution is 0.183. The predicted octanol–water partition coefficient (Wildman–Crippen LogP) is 4.38. The molecule has 0 heterocycles. The van der Waals surface area contributed by atoms with Gasteiger partial charge in [-0.3, -0.25) is 0 Å². The molecule has 1 aromatic rings. The molecule has 1 unspecified atom stereocenters. The van der Waals surface area contributed by atoms with Gasteiger partial charge in [-0.2, -0.15) is 0 Å². The highest BCUT2D eigenvalue weighted by Crippen LogP contribution is 2.18. The molecule has 0 N–H and O–H groups in total. The molecule has 1 rings (SSSR count). The predicted molar refractivity (Wildman–Crippen MR) is 79.2 cm³/mol. The highest BCUT2D eigenvalue weighted by Gasteiger charge is 2.07. The van der Waals surface area contributed by atoms with Crippen LogP contribution in [0.3, 0.4) is 0 Å². The lowest BCUT2D eigenvalue weighted by Crippen LogP contribution is -2.15. The van der Waals surface area contributed by atoms with Crippen LogP contribution in [0.5, 0.6) is 5.75 Å². The molecule has 0 amide bonds. The standard InChI is InChI=1S/C17H24O2/c1-4-6-7-10-16(5-2)19-17-11-8-9-15(14-17)12-13-18-3/h8-9,11,14,16H,4-7,10H2,1-3H3. The fourth-order valence-corrected chi connectivity index (χ4v) is 1.92. The third-order valence-electron chi connectivity index (χ3n) is 3.02. The van der Waals surface area contributed by atoms with Crippen LogP contribution < -0.4 is 4.74 Å². The van der Waals surface area contributed by atoms with E-state index in [-0.39, 0.29) is 0 Å². The molecule has 0 bridgehead atoms. The SMILES string of the molecule is CCCCCC(CC)Oc1cccc(C#COC)c1. The summed E-state index contributed by atoms with van der Waals surface area (Å²) in [6, 6.07) is 7.87. The Balaban J connectivity index is 2.58. The molecule has 0 spiro atoms. The average Bonchev–Trinajstić information content (AvgIpc) is 2.44. The van der Waals surface area contributed by atoms with Crippen molar-refractivity contribution in [1.29, 1.82) is 0 Å². The Labute approximate surface area is 117 Å². The summed E-state index contributed by atoms with van der Waals surface area (Å²) in [4.78, 5) is 0. The average molecular weight is 260 g/mol. The van der Waals surface area contributed by atoms with E-state index < -0.39 is 0 Å². The highest BCUT2D eigenvalue weighted by molar-refractivity contribution is 5.39. The van der Waals surface area contributed by atoms with E-state index in [1.165, 1.54) is 19.3 Å². The minimum absolute atomic E-state index is 0.303. The smallest absolute Gasteiger partial charge is 0.120 e. The maximum absolute atomic E-state index is 6.02. The monoisotopic (exact) mass is 260 g/mol. The molecule has 0 aliphatic heterocycles. The van der Waals surface area contributed by atoms with Crippen LogP contribution in [-0.4, -0.2) is 13.2 Å². The molecule has 0 aromatic heterocycles. The zero-order valence-corrected chi connectivity index (χ0v) is 12.2. The minimum Gasteiger partial charge on any atom is -0.490 e. The Kier molecular flexibility index (Phi) is 7.58. The number of rotatable bonds is 7. The molecule has 0 fully saturated rings. The zero-order valence-electron chi connectivity index (χ0n) is 12.2. The van der Waals surface area contributed by atoms with Crippen LogP contribution in [0, 0.1) is 12.0 Å². The lowest BCUT2D eigenvalue weighted by atomic mass is 10.1. The zero-order chi connectivity index (χ0) is 13.9. The molecule has 19 heavy (non-hydrogen) atoms. The maximum atomic E-state index is 6.02. The van der Waals surface area contributed by atoms with Crippen LogP contribution in [0.25, 0.3) is 0 Å². The van der Waals surface area contributed by atoms with Gasteiger partial charge in [-0.15, -0.1) is 0 Å². The van der Waals surface area contributed by atoms with Crippen molar-refractivity contribution in [2.45, 2.75) is 52.1 Å². The minimum atomic E-state index is 0.303. The van der Waals surface area contributed by atoms with Crippen LogP contribution in [0.15, 0.2) is 24.3 Å². The first-order chi connectivity index (χ1) is 9.30. The summed E-state index contributed by atoms with van der Waals surface area (Å²) in [6.07, 6.45) is 8.82. The molecule has 0 aliphatic rings. The van der Waals surface area contributed by atoms with E-state index in [4.69, 9.17) is 9.47 Å². The normalized spacial score (nSPS) is 11.3. The summed E-state index contributed by atoms with van der Waals surface area (Å²) in [5, 5.41) is 0. The second kappa shape index (κ2) is 9.33. The molecule has 2 heteroatoms. The fourth-order valence-electron chi connectivity index (χ4n) is 1.92. The van der Waals surface area contributed by atoms with Gasteiger partial charge in [-0.1, -0.05) is 32.8 Å². The van der Waals surface area contributed by atoms with Gasteiger partial charge in [-0.25, -0.2) is 0 Å². The molecule has 104 valence electrons. The van der Waals surface area contributed by atoms with Crippen LogP contribution in [0.1, 0.15) is 51.5 Å². The second-order valence-corrected chi connectivity index (χ2v) is 4.60. The summed E-state index contributed by atoms with van der Waals surface area (Å²) in [5.41, 5.74) is 0.919. The molecule has 0 saturated heterocycles. The molecular weight excluding hydrogens is 236 g/mol. The van der Waals surface area contributed by atoms with Gasteiger partial charge in [0, 0.05) is 5.56 Å². The van der Waals surface area contributed by atoms with Gasteiger partial charge in [0.25, 0.3) is 0 Å². The van der Waals surface area contributed by atoms with Crippen LogP contribution in [0.2, 0.25) is 0 Å². The lowest BCUT2D eigenvalue weighted by Gasteiger charge is -2.17. The van der Waals surface area contributed by atoms with E-state index in [0.717, 1.165) is 24.2 Å². The van der Waals surface area contributed by atoms with Crippen molar-refractivity contribution < 1.29 is 9.47 Å². The van der Waals surface area contributed by atoms with E-state index in [2.05, 4.69) is 25.9 Å². The largest absolute Gasteiger partial charge is 0.490 e. The summed E-state index contributed by atoms with van der Waals surface area (Å²) in [5.74, 6) is 3.82. The van der Waals surface area contributed by atoms with Gasteiger partial charge in [0.15, 0.2) is 0 Å². The molecule has 0 radical (unpaired) electrons. The molecule has 2 nitrogen and oxygen atoms in total. The Morgan fingerprint density at radius 3 is 2.74 bits per heavy atom. The maximum Gasteiger partial charge on any atom is 0.120 e. The summed E-state index contributed by atoms with van der Waals surface area (Å²) >= 11 is 0. The van der Waals surface area contributed by atoms with E-state index in [9.17, 15) is 0 Å². The number of methoxy groups -OCH3 is 1. The fraction of sp³-hybridized carbons (Fsp3) is 0.529. The van der Waals surface area contributed by atoms with Crippen LogP contribution in [-0.2, 0) is 4.74 Å². The molecule has 0 aliphatic carbocycles. The second-order valence-electron chi connectivity index (χ2n) is 4.60. The first-order valence-corrected chi connectivity index (χ1v) is 7.10. The molecular formula is C17H24O2. The van der Waals surface area contributed by atoms with Gasteiger partial charge < -0.3 is 9.47 Å². The number of hydrogen-bond acceptors (Lipinski definition) is 2. The van der Waals surface area contributed by atoms with E-state index in [1.807, 2.05) is 24.3 Å². The summed E-state index contributed by atoms with van der Waals surface area (Å²) in [7, 11) is 1.56. The van der Waals surface area contributed by atoms with Crippen molar-refractivity contribution in [1.82, 2.24) is 0 Å². The first-order valence-electron chi connectivity index (χ1n) is 7.10. The third-order valence-corrected chi connectivity index (χ3v) is 3.02. The van der Waals surface area contributed by atoms with Crippen molar-refractivity contribution >= 4 is 0 Å². The molecule has 1 aromatic carbocycles. The van der Waals surface area contributed by atoms with Crippen LogP contribution >= 0.6 is 0 Å². The van der Waals surface area contributed by atoms with Gasteiger partial charge in [0.05, 0.1) is 13.2 Å². The number of ether oxygens (including phenoxy) is 2. The van der Waals surface area contributed by atoms with Crippen molar-refractivity contribution in [3.05, 3.63) is 29.8 Å². The van der Waals surface area contributed by atoms with E-state index >= 15 is 0 Å². The Bertz CT molecular complexity index is 415. The first kappa shape index (κ1) is 15.4. The quantitative estimate of drug-likeness (QED) is 0.535. The summed E-state index contributed by atoms with van der Waals surface area (Å²) < 4.78 is 10.8. The number of benzene rings is 1. The molecule has 1 atom stereocenters. The number of hydrogen-bond donors (Lipinski definition) is 0. The van der Waals surface area contributed by atoms with Gasteiger partial charge in [-0.05, 0) is 43.4 Å². The summed E-state index contributed by atoms with van der Waals surface area (Å²) in [6.45, 7) is 4.39. The molecule has 0 saturated carbocycles. The van der Waals surface area contributed by atoms with Gasteiger partial charge in [0.2, 0.25) is 0 Å². The Morgan fingerprint density at radius 2 is 2.05 bits per heavy atom. The van der Waals surface area contributed by atoms with Crippen molar-refractivity contribution in [2.75, 3.05) is 7.11 Å². The van der Waals surface area contributed by atoms with Crippen molar-refractivity contribution in [3.63, 3.8) is 0 Å². The Hall–Kier alpha value is -1.62. The van der Waals surface area contributed by atoms with E-state index in [0.29, 0.717) is 6.10 Å². The van der Waals surface area contributed by atoms with E-state index in [1.54, 1.807) is 7.11 Å². The van der Waals surface area contributed by atoms with Crippen molar-refractivity contribution in [2.24, 2.45) is 0 Å². The van der Waals surface area contributed by atoms with Gasteiger partial charge >= 0.3 is 0 Å². The van der Waals surface area contributed by atoms with Gasteiger partial charge in [0.1, 0.15) is 11.9 Å². The topological polar surface area (TPSA) is 18.5 Å². The third kappa shape index (κ3) is 6.20. The van der Waals surface area contributed by atoms with Crippen LogP contribution in [0.4, 0.5) is 0 Å².